The second-order valence-corrected chi connectivity index (χ2v) is 9.21. The average Bonchev–Trinajstić information content (AvgIpc) is 2.70. The van der Waals surface area contributed by atoms with Gasteiger partial charge in [-0.15, -0.1) is 0 Å². The van der Waals surface area contributed by atoms with E-state index in [4.69, 9.17) is 0 Å². The van der Waals surface area contributed by atoms with Crippen molar-refractivity contribution < 1.29 is 22.4 Å². The Labute approximate surface area is 182 Å². The maximum atomic E-state index is 13.7. The molecule has 0 aromatic heterocycles. The smallest absolute Gasteiger partial charge is 0.244 e. The zero-order valence-corrected chi connectivity index (χ0v) is 18.9. The van der Waals surface area contributed by atoms with E-state index >= 15 is 0 Å². The quantitative estimate of drug-likeness (QED) is 0.637. The number of carbonyl (C=O) groups is 2. The van der Waals surface area contributed by atoms with Gasteiger partial charge < -0.3 is 10.2 Å². The second-order valence-electron chi connectivity index (χ2n) is 7.30. The van der Waals surface area contributed by atoms with Crippen LogP contribution in [0.25, 0.3) is 0 Å². The Hall–Kier alpha value is -2.94. The fourth-order valence-corrected chi connectivity index (χ4v) is 4.18. The van der Waals surface area contributed by atoms with E-state index in [-0.39, 0.29) is 18.1 Å². The topological polar surface area (TPSA) is 86.8 Å². The van der Waals surface area contributed by atoms with Crippen molar-refractivity contribution in [3.8, 4) is 0 Å². The van der Waals surface area contributed by atoms with E-state index in [0.717, 1.165) is 27.8 Å². The van der Waals surface area contributed by atoms with Crippen LogP contribution in [0.1, 0.15) is 24.5 Å². The minimum Gasteiger partial charge on any atom is -0.357 e. The summed E-state index contributed by atoms with van der Waals surface area (Å²) in [5.41, 5.74) is 1.85. The summed E-state index contributed by atoms with van der Waals surface area (Å²) < 4.78 is 39.3. The van der Waals surface area contributed by atoms with Gasteiger partial charge in [-0.05, 0) is 37.1 Å². The van der Waals surface area contributed by atoms with Gasteiger partial charge in [0.25, 0.3) is 0 Å². The summed E-state index contributed by atoms with van der Waals surface area (Å²) >= 11 is 0. The van der Waals surface area contributed by atoms with Crippen LogP contribution >= 0.6 is 0 Å². The molecule has 168 valence electrons. The maximum Gasteiger partial charge on any atom is 0.244 e. The van der Waals surface area contributed by atoms with Crippen molar-refractivity contribution in [2.45, 2.75) is 32.9 Å². The molecule has 0 radical (unpaired) electrons. The number of likely N-dealkylation sites (N-methyl/N-ethyl adjacent to an activating group) is 1. The number of sulfonamides is 1. The van der Waals surface area contributed by atoms with Crippen LogP contribution in [0.5, 0.6) is 0 Å². The van der Waals surface area contributed by atoms with Crippen LogP contribution in [0.4, 0.5) is 10.1 Å². The monoisotopic (exact) mass is 449 g/mol. The van der Waals surface area contributed by atoms with Gasteiger partial charge in [0.05, 0.1) is 11.9 Å². The van der Waals surface area contributed by atoms with Crippen molar-refractivity contribution in [3.63, 3.8) is 0 Å². The maximum absolute atomic E-state index is 13.7. The summed E-state index contributed by atoms with van der Waals surface area (Å²) in [7, 11) is -2.40. The van der Waals surface area contributed by atoms with Gasteiger partial charge in [0.15, 0.2) is 0 Å². The molecular weight excluding hydrogens is 421 g/mol. The molecule has 0 spiro atoms. The Bertz CT molecular complexity index is 1040. The fraction of sp³-hybridized carbons (Fsp3) is 0.364. The third kappa shape index (κ3) is 6.52. The van der Waals surface area contributed by atoms with Crippen molar-refractivity contribution in [3.05, 3.63) is 65.5 Å². The highest BCUT2D eigenvalue weighted by atomic mass is 32.2. The molecule has 0 aliphatic heterocycles. The SMILES string of the molecule is CC[C@@H](C(=O)NC)N(Cc1cccc(C)c1)C(=O)CN(c1cccc(F)c1)S(C)(=O)=O. The lowest BCUT2D eigenvalue weighted by Crippen LogP contribution is -2.51. The molecule has 2 aromatic carbocycles. The Morgan fingerprint density at radius 3 is 2.35 bits per heavy atom. The van der Waals surface area contributed by atoms with Crippen LogP contribution in [0.15, 0.2) is 48.5 Å². The molecule has 1 N–H and O–H groups in total. The van der Waals surface area contributed by atoms with Gasteiger partial charge >= 0.3 is 0 Å². The third-order valence-corrected chi connectivity index (χ3v) is 5.98. The number of anilines is 1. The van der Waals surface area contributed by atoms with E-state index in [1.807, 2.05) is 31.2 Å². The molecule has 0 aliphatic carbocycles. The standard InChI is InChI=1S/C22H28FN3O4S/c1-5-20(22(28)24-3)25(14-17-9-6-8-16(2)12-17)21(27)15-26(31(4,29)30)19-11-7-10-18(23)13-19/h6-13,20H,5,14-15H2,1-4H3,(H,24,28)/t20-/m0/s1. The Morgan fingerprint density at radius 1 is 1.13 bits per heavy atom. The molecule has 0 fully saturated rings. The van der Waals surface area contributed by atoms with Gasteiger partial charge in [-0.2, -0.15) is 0 Å². The lowest BCUT2D eigenvalue weighted by atomic mass is 10.1. The normalized spacial score (nSPS) is 12.2. The van der Waals surface area contributed by atoms with Crippen molar-refractivity contribution >= 4 is 27.5 Å². The summed E-state index contributed by atoms with van der Waals surface area (Å²) in [5.74, 6) is -1.53. The number of benzene rings is 2. The molecule has 0 saturated carbocycles. The van der Waals surface area contributed by atoms with Gasteiger partial charge in [0.1, 0.15) is 18.4 Å². The molecule has 7 nitrogen and oxygen atoms in total. The van der Waals surface area contributed by atoms with E-state index in [1.165, 1.54) is 30.1 Å². The molecule has 2 rings (SSSR count). The number of nitrogens with zero attached hydrogens (tertiary/aromatic N) is 2. The summed E-state index contributed by atoms with van der Waals surface area (Å²) in [5, 5.41) is 2.56. The van der Waals surface area contributed by atoms with Gasteiger partial charge in [-0.3, -0.25) is 13.9 Å². The van der Waals surface area contributed by atoms with Crippen LogP contribution in [0.3, 0.4) is 0 Å². The Balaban J connectivity index is 2.43. The number of hydrogen-bond donors (Lipinski definition) is 1. The minimum atomic E-state index is -3.88. The third-order valence-electron chi connectivity index (χ3n) is 4.84. The zero-order chi connectivity index (χ0) is 23.2. The van der Waals surface area contributed by atoms with E-state index in [9.17, 15) is 22.4 Å². The first kappa shape index (κ1) is 24.3. The molecule has 1 atom stereocenters. The largest absolute Gasteiger partial charge is 0.357 e. The first-order valence-corrected chi connectivity index (χ1v) is 11.7. The highest BCUT2D eigenvalue weighted by molar-refractivity contribution is 7.92. The van der Waals surface area contributed by atoms with Crippen molar-refractivity contribution in [1.82, 2.24) is 10.2 Å². The van der Waals surface area contributed by atoms with Crippen LogP contribution < -0.4 is 9.62 Å². The van der Waals surface area contributed by atoms with Gasteiger partial charge in [0, 0.05) is 13.6 Å². The van der Waals surface area contributed by atoms with Gasteiger partial charge in [-0.1, -0.05) is 42.8 Å². The van der Waals surface area contributed by atoms with Gasteiger partial charge in [0.2, 0.25) is 21.8 Å². The number of aryl methyl sites for hydroxylation is 1. The molecule has 2 amide bonds. The van der Waals surface area contributed by atoms with Crippen LogP contribution in [-0.2, 0) is 26.2 Å². The number of rotatable bonds is 9. The molecule has 9 heteroatoms. The predicted molar refractivity (Wildman–Crippen MR) is 118 cm³/mol. The number of hydrogen-bond acceptors (Lipinski definition) is 4. The fourth-order valence-electron chi connectivity index (χ4n) is 3.34. The Morgan fingerprint density at radius 2 is 1.81 bits per heavy atom. The van der Waals surface area contributed by atoms with Crippen LogP contribution in [0, 0.1) is 12.7 Å². The lowest BCUT2D eigenvalue weighted by Gasteiger charge is -2.32. The molecule has 0 unspecified atom stereocenters. The van der Waals surface area contributed by atoms with E-state index in [1.54, 1.807) is 6.92 Å². The molecule has 2 aromatic rings. The first-order valence-electron chi connectivity index (χ1n) is 9.86. The van der Waals surface area contributed by atoms with Crippen molar-refractivity contribution in [2.24, 2.45) is 0 Å². The van der Waals surface area contributed by atoms with Crippen LogP contribution in [0.2, 0.25) is 0 Å². The Kier molecular flexibility index (Phi) is 8.15. The summed E-state index contributed by atoms with van der Waals surface area (Å²) in [6.45, 7) is 3.27. The summed E-state index contributed by atoms with van der Waals surface area (Å²) in [6, 6.07) is 11.7. The number of halogens is 1. The van der Waals surface area contributed by atoms with Gasteiger partial charge in [-0.25, -0.2) is 12.8 Å². The van der Waals surface area contributed by atoms with E-state index < -0.39 is 34.3 Å². The van der Waals surface area contributed by atoms with E-state index in [0.29, 0.717) is 6.42 Å². The number of nitrogens with one attached hydrogen (secondary N) is 1. The zero-order valence-electron chi connectivity index (χ0n) is 18.1. The molecule has 0 aliphatic rings. The average molecular weight is 450 g/mol. The lowest BCUT2D eigenvalue weighted by molar-refractivity contribution is -0.140. The molecule has 0 bridgehead atoms. The molecular formula is C22H28FN3O4S. The molecule has 0 saturated heterocycles. The highest BCUT2D eigenvalue weighted by Gasteiger charge is 2.31. The molecule has 31 heavy (non-hydrogen) atoms. The highest BCUT2D eigenvalue weighted by Crippen LogP contribution is 2.20. The van der Waals surface area contributed by atoms with Crippen LogP contribution in [-0.4, -0.2) is 51.0 Å². The first-order chi connectivity index (χ1) is 14.6. The summed E-state index contributed by atoms with van der Waals surface area (Å²) in [4.78, 5) is 27.1. The van der Waals surface area contributed by atoms with Crippen molar-refractivity contribution in [2.75, 3.05) is 24.2 Å². The summed E-state index contributed by atoms with van der Waals surface area (Å²) in [6.07, 6.45) is 1.29. The number of carbonyl (C=O) groups excluding carboxylic acids is 2. The second kappa shape index (κ2) is 10.4. The molecule has 0 heterocycles. The minimum absolute atomic E-state index is 0.0411. The van der Waals surface area contributed by atoms with E-state index in [2.05, 4.69) is 5.32 Å². The predicted octanol–water partition coefficient (Wildman–Crippen LogP) is 2.45. The van der Waals surface area contributed by atoms with Crippen molar-refractivity contribution in [1.29, 1.82) is 0 Å². The number of amides is 2.